The topological polar surface area (TPSA) is 29.9 Å². The number of nitrogens with one attached hydrogen (secondary N) is 1. The highest BCUT2D eigenvalue weighted by molar-refractivity contribution is 5.05. The molecular weight excluding hydrogens is 186 g/mol. The van der Waals surface area contributed by atoms with Gasteiger partial charge in [-0.05, 0) is 44.8 Å². The number of aromatic nitrogens is 2. The van der Waals surface area contributed by atoms with Crippen molar-refractivity contribution in [3.8, 4) is 0 Å². The van der Waals surface area contributed by atoms with E-state index in [4.69, 9.17) is 0 Å². The second kappa shape index (κ2) is 6.62. The van der Waals surface area contributed by atoms with Crippen LogP contribution >= 0.6 is 0 Å². The Morgan fingerprint density at radius 2 is 2.27 bits per heavy atom. The van der Waals surface area contributed by atoms with Crippen molar-refractivity contribution < 1.29 is 0 Å². The van der Waals surface area contributed by atoms with E-state index < -0.39 is 0 Å². The molecular formula is C12H23N3. The SMILES string of the molecule is CCCC(CNC)Cc1cnn(CC)c1. The van der Waals surface area contributed by atoms with E-state index in [1.165, 1.54) is 18.4 Å². The summed E-state index contributed by atoms with van der Waals surface area (Å²) in [5.74, 6) is 0.745. The van der Waals surface area contributed by atoms with E-state index in [1.807, 2.05) is 17.9 Å². The number of aryl methyl sites for hydroxylation is 1. The lowest BCUT2D eigenvalue weighted by atomic mass is 9.97. The molecule has 86 valence electrons. The second-order valence-electron chi connectivity index (χ2n) is 4.12. The van der Waals surface area contributed by atoms with Gasteiger partial charge in [-0.1, -0.05) is 13.3 Å². The molecule has 0 saturated heterocycles. The highest BCUT2D eigenvalue weighted by atomic mass is 15.3. The van der Waals surface area contributed by atoms with Crippen molar-refractivity contribution in [2.45, 2.75) is 39.7 Å². The van der Waals surface area contributed by atoms with Gasteiger partial charge in [0.2, 0.25) is 0 Å². The fourth-order valence-corrected chi connectivity index (χ4v) is 1.99. The largest absolute Gasteiger partial charge is 0.319 e. The normalized spacial score (nSPS) is 13.0. The van der Waals surface area contributed by atoms with Gasteiger partial charge in [-0.3, -0.25) is 4.68 Å². The average Bonchev–Trinajstić information content (AvgIpc) is 2.66. The molecule has 1 aromatic heterocycles. The Labute approximate surface area is 92.9 Å². The summed E-state index contributed by atoms with van der Waals surface area (Å²) in [6, 6.07) is 0. The monoisotopic (exact) mass is 209 g/mol. The lowest BCUT2D eigenvalue weighted by Gasteiger charge is -2.14. The molecule has 1 rings (SSSR count). The van der Waals surface area contributed by atoms with E-state index in [2.05, 4.69) is 30.5 Å². The quantitative estimate of drug-likeness (QED) is 0.745. The molecule has 0 radical (unpaired) electrons. The van der Waals surface area contributed by atoms with Gasteiger partial charge in [0, 0.05) is 12.7 Å². The van der Waals surface area contributed by atoms with Crippen molar-refractivity contribution in [1.29, 1.82) is 0 Å². The van der Waals surface area contributed by atoms with E-state index >= 15 is 0 Å². The molecule has 3 heteroatoms. The van der Waals surface area contributed by atoms with Gasteiger partial charge < -0.3 is 5.32 Å². The van der Waals surface area contributed by atoms with Crippen LogP contribution in [0.4, 0.5) is 0 Å². The van der Waals surface area contributed by atoms with Gasteiger partial charge in [-0.2, -0.15) is 5.10 Å². The van der Waals surface area contributed by atoms with Crippen LogP contribution in [0, 0.1) is 5.92 Å². The van der Waals surface area contributed by atoms with Gasteiger partial charge in [-0.15, -0.1) is 0 Å². The molecule has 0 fully saturated rings. The van der Waals surface area contributed by atoms with Crippen LogP contribution in [0.3, 0.4) is 0 Å². The third-order valence-corrected chi connectivity index (χ3v) is 2.72. The van der Waals surface area contributed by atoms with Crippen LogP contribution in [-0.2, 0) is 13.0 Å². The summed E-state index contributed by atoms with van der Waals surface area (Å²) in [6.45, 7) is 6.43. The minimum Gasteiger partial charge on any atom is -0.319 e. The van der Waals surface area contributed by atoms with Crippen LogP contribution in [0.2, 0.25) is 0 Å². The average molecular weight is 209 g/mol. The molecule has 1 unspecified atom stereocenters. The number of nitrogens with zero attached hydrogens (tertiary/aromatic N) is 2. The van der Waals surface area contributed by atoms with Gasteiger partial charge in [0.15, 0.2) is 0 Å². The molecule has 0 aromatic carbocycles. The minimum atomic E-state index is 0.745. The van der Waals surface area contributed by atoms with Crippen molar-refractivity contribution in [1.82, 2.24) is 15.1 Å². The molecule has 3 nitrogen and oxygen atoms in total. The van der Waals surface area contributed by atoms with E-state index in [9.17, 15) is 0 Å². The molecule has 0 amide bonds. The molecule has 0 bridgehead atoms. The van der Waals surface area contributed by atoms with Crippen LogP contribution in [0.1, 0.15) is 32.3 Å². The van der Waals surface area contributed by atoms with Crippen LogP contribution < -0.4 is 5.32 Å². The molecule has 0 aliphatic carbocycles. The minimum absolute atomic E-state index is 0.745. The van der Waals surface area contributed by atoms with Crippen LogP contribution in [0.25, 0.3) is 0 Å². The highest BCUT2D eigenvalue weighted by Crippen LogP contribution is 2.13. The summed E-state index contributed by atoms with van der Waals surface area (Å²) in [5, 5.41) is 7.57. The molecule has 1 aromatic rings. The molecule has 1 atom stereocenters. The molecule has 0 saturated carbocycles. The summed E-state index contributed by atoms with van der Waals surface area (Å²) in [7, 11) is 2.03. The maximum Gasteiger partial charge on any atom is 0.0521 e. The Balaban J connectivity index is 2.48. The van der Waals surface area contributed by atoms with Crippen LogP contribution in [0.15, 0.2) is 12.4 Å². The molecule has 0 spiro atoms. The van der Waals surface area contributed by atoms with E-state index in [0.717, 1.165) is 25.4 Å². The smallest absolute Gasteiger partial charge is 0.0521 e. The predicted molar refractivity (Wildman–Crippen MR) is 63.9 cm³/mol. The van der Waals surface area contributed by atoms with Crippen molar-refractivity contribution >= 4 is 0 Å². The summed E-state index contributed by atoms with van der Waals surface area (Å²) in [4.78, 5) is 0. The van der Waals surface area contributed by atoms with Crippen LogP contribution in [0.5, 0.6) is 0 Å². The summed E-state index contributed by atoms with van der Waals surface area (Å²) in [6.07, 6.45) is 7.86. The lowest BCUT2D eigenvalue weighted by molar-refractivity contribution is 0.455. The van der Waals surface area contributed by atoms with Crippen LogP contribution in [-0.4, -0.2) is 23.4 Å². The third-order valence-electron chi connectivity index (χ3n) is 2.72. The molecule has 0 aliphatic rings. The zero-order chi connectivity index (χ0) is 11.1. The first kappa shape index (κ1) is 12.2. The van der Waals surface area contributed by atoms with Gasteiger partial charge >= 0.3 is 0 Å². The zero-order valence-electron chi connectivity index (χ0n) is 10.2. The van der Waals surface area contributed by atoms with Crippen molar-refractivity contribution in [2.24, 2.45) is 5.92 Å². The Morgan fingerprint density at radius 1 is 1.47 bits per heavy atom. The number of hydrogen-bond acceptors (Lipinski definition) is 2. The zero-order valence-corrected chi connectivity index (χ0v) is 10.2. The predicted octanol–water partition coefficient (Wildman–Crippen LogP) is 2.08. The van der Waals surface area contributed by atoms with Crippen molar-refractivity contribution in [3.05, 3.63) is 18.0 Å². The molecule has 0 aliphatic heterocycles. The van der Waals surface area contributed by atoms with E-state index in [-0.39, 0.29) is 0 Å². The summed E-state index contributed by atoms with van der Waals surface area (Å²) in [5.41, 5.74) is 1.37. The van der Waals surface area contributed by atoms with Gasteiger partial charge in [0.05, 0.1) is 6.20 Å². The molecule has 15 heavy (non-hydrogen) atoms. The Kier molecular flexibility index (Phi) is 5.40. The lowest BCUT2D eigenvalue weighted by Crippen LogP contribution is -2.20. The first-order valence-corrected chi connectivity index (χ1v) is 5.96. The fourth-order valence-electron chi connectivity index (χ4n) is 1.99. The molecule has 1 heterocycles. The Bertz CT molecular complexity index is 262. The third kappa shape index (κ3) is 4.04. The van der Waals surface area contributed by atoms with Gasteiger partial charge in [0.1, 0.15) is 0 Å². The van der Waals surface area contributed by atoms with Crippen molar-refractivity contribution in [2.75, 3.05) is 13.6 Å². The van der Waals surface area contributed by atoms with Gasteiger partial charge in [0.25, 0.3) is 0 Å². The standard InChI is InChI=1S/C12H23N3/c1-4-6-11(8-13-3)7-12-9-14-15(5-2)10-12/h9-11,13H,4-8H2,1-3H3. The first-order valence-electron chi connectivity index (χ1n) is 5.96. The first-order chi connectivity index (χ1) is 7.30. The van der Waals surface area contributed by atoms with E-state index in [0.29, 0.717) is 0 Å². The van der Waals surface area contributed by atoms with Gasteiger partial charge in [-0.25, -0.2) is 0 Å². The number of hydrogen-bond donors (Lipinski definition) is 1. The second-order valence-corrected chi connectivity index (χ2v) is 4.12. The molecule has 1 N–H and O–H groups in total. The Morgan fingerprint density at radius 3 is 2.80 bits per heavy atom. The fraction of sp³-hybridized carbons (Fsp3) is 0.750. The summed E-state index contributed by atoms with van der Waals surface area (Å²) >= 11 is 0. The highest BCUT2D eigenvalue weighted by Gasteiger charge is 2.09. The number of rotatable bonds is 7. The van der Waals surface area contributed by atoms with E-state index in [1.54, 1.807) is 0 Å². The van der Waals surface area contributed by atoms with Crippen molar-refractivity contribution in [3.63, 3.8) is 0 Å². The summed E-state index contributed by atoms with van der Waals surface area (Å²) < 4.78 is 2.00. The maximum atomic E-state index is 4.30. The Hall–Kier alpha value is -0.830. The maximum absolute atomic E-state index is 4.30.